The zero-order valence-electron chi connectivity index (χ0n) is 6.22. The first kappa shape index (κ1) is 8.92. The van der Waals surface area contributed by atoms with Gasteiger partial charge in [0.1, 0.15) is 0 Å². The average Bonchev–Trinajstić information content (AvgIpc) is 1.89. The Morgan fingerprint density at radius 3 is 2.56 bits per heavy atom. The van der Waals surface area contributed by atoms with Crippen molar-refractivity contribution in [1.82, 2.24) is 0 Å². The smallest absolute Gasteiger partial charge is 0.0949 e. The minimum Gasteiger partial charge on any atom is -0.382 e. The van der Waals surface area contributed by atoms with Gasteiger partial charge < -0.3 is 4.74 Å². The quantitative estimate of drug-likeness (QED) is 0.521. The summed E-state index contributed by atoms with van der Waals surface area (Å²) in [7, 11) is 0. The molecule has 1 unspecified atom stereocenters. The SMILES string of the molecule is CCOCCC([O])CC. The molecule has 0 aromatic carbocycles. The second-order valence-corrected chi connectivity index (χ2v) is 2.02. The maximum Gasteiger partial charge on any atom is 0.0949 e. The van der Waals surface area contributed by atoms with Crippen LogP contribution in [-0.2, 0) is 9.84 Å². The van der Waals surface area contributed by atoms with Crippen molar-refractivity contribution in [2.75, 3.05) is 13.2 Å². The van der Waals surface area contributed by atoms with E-state index >= 15 is 0 Å². The fourth-order valence-corrected chi connectivity index (χ4v) is 0.563. The third-order valence-corrected chi connectivity index (χ3v) is 1.24. The van der Waals surface area contributed by atoms with Crippen molar-refractivity contribution in [3.63, 3.8) is 0 Å². The van der Waals surface area contributed by atoms with E-state index < -0.39 is 6.10 Å². The third kappa shape index (κ3) is 5.80. The summed E-state index contributed by atoms with van der Waals surface area (Å²) < 4.78 is 5.01. The van der Waals surface area contributed by atoms with Crippen LogP contribution in [-0.4, -0.2) is 19.3 Å². The molecule has 0 spiro atoms. The summed E-state index contributed by atoms with van der Waals surface area (Å²) in [6.45, 7) is 5.18. The summed E-state index contributed by atoms with van der Waals surface area (Å²) >= 11 is 0. The van der Waals surface area contributed by atoms with Crippen LogP contribution in [0, 0.1) is 0 Å². The Bertz CT molecular complexity index is 54.9. The predicted octanol–water partition coefficient (Wildman–Crippen LogP) is 1.62. The Kier molecular flexibility index (Phi) is 5.99. The van der Waals surface area contributed by atoms with Crippen molar-refractivity contribution in [2.45, 2.75) is 32.8 Å². The molecule has 0 aliphatic carbocycles. The van der Waals surface area contributed by atoms with Crippen molar-refractivity contribution < 1.29 is 9.84 Å². The summed E-state index contributed by atoms with van der Waals surface area (Å²) in [5.74, 6) is 0. The Morgan fingerprint density at radius 2 is 2.11 bits per heavy atom. The van der Waals surface area contributed by atoms with Gasteiger partial charge in [0.25, 0.3) is 0 Å². The van der Waals surface area contributed by atoms with Gasteiger partial charge in [0, 0.05) is 19.6 Å². The van der Waals surface area contributed by atoms with Crippen molar-refractivity contribution in [3.05, 3.63) is 0 Å². The summed E-state index contributed by atoms with van der Waals surface area (Å²) in [4.78, 5) is 0. The maximum atomic E-state index is 10.7. The molecule has 0 saturated carbocycles. The second kappa shape index (κ2) is 6.05. The molecule has 9 heavy (non-hydrogen) atoms. The molecule has 0 aromatic rings. The highest BCUT2D eigenvalue weighted by Crippen LogP contribution is 1.96. The molecule has 0 N–H and O–H groups in total. The molecule has 0 aliphatic rings. The maximum absolute atomic E-state index is 10.7. The molecule has 0 saturated heterocycles. The molecular formula is C7H15O2. The monoisotopic (exact) mass is 131 g/mol. The van der Waals surface area contributed by atoms with Gasteiger partial charge in [0.05, 0.1) is 6.10 Å². The van der Waals surface area contributed by atoms with Gasteiger partial charge in [-0.1, -0.05) is 6.92 Å². The standard InChI is InChI=1S/C7H15O2/c1-3-7(8)5-6-9-4-2/h7H,3-6H2,1-2H3. The van der Waals surface area contributed by atoms with E-state index in [9.17, 15) is 5.11 Å². The lowest BCUT2D eigenvalue weighted by molar-refractivity contribution is 0.0421. The third-order valence-electron chi connectivity index (χ3n) is 1.24. The van der Waals surface area contributed by atoms with Gasteiger partial charge in [-0.15, -0.1) is 0 Å². The molecule has 0 aliphatic heterocycles. The fraction of sp³-hybridized carbons (Fsp3) is 1.00. The van der Waals surface area contributed by atoms with E-state index in [-0.39, 0.29) is 0 Å². The minimum absolute atomic E-state index is 0.420. The Balaban J connectivity index is 2.88. The molecule has 0 amide bonds. The van der Waals surface area contributed by atoms with E-state index in [1.165, 1.54) is 0 Å². The van der Waals surface area contributed by atoms with Gasteiger partial charge in [-0.2, -0.15) is 0 Å². The van der Waals surface area contributed by atoms with Gasteiger partial charge in [0.15, 0.2) is 0 Å². The average molecular weight is 131 g/mol. The van der Waals surface area contributed by atoms with Crippen LogP contribution in [0.2, 0.25) is 0 Å². The van der Waals surface area contributed by atoms with E-state index in [2.05, 4.69) is 0 Å². The zero-order valence-corrected chi connectivity index (χ0v) is 6.22. The lowest BCUT2D eigenvalue weighted by Gasteiger charge is -2.03. The molecule has 0 fully saturated rings. The van der Waals surface area contributed by atoms with Crippen LogP contribution in [0.5, 0.6) is 0 Å². The lowest BCUT2D eigenvalue weighted by Crippen LogP contribution is -2.06. The van der Waals surface area contributed by atoms with Crippen LogP contribution in [0.25, 0.3) is 0 Å². The van der Waals surface area contributed by atoms with Crippen LogP contribution in [0.1, 0.15) is 26.7 Å². The van der Waals surface area contributed by atoms with Crippen LogP contribution in [0.15, 0.2) is 0 Å². The predicted molar refractivity (Wildman–Crippen MR) is 35.9 cm³/mol. The van der Waals surface area contributed by atoms with Crippen molar-refractivity contribution in [2.24, 2.45) is 0 Å². The molecule has 0 rings (SSSR count). The largest absolute Gasteiger partial charge is 0.382 e. The lowest BCUT2D eigenvalue weighted by atomic mass is 10.2. The highest BCUT2D eigenvalue weighted by Gasteiger charge is 2.00. The second-order valence-electron chi connectivity index (χ2n) is 2.02. The molecule has 1 atom stereocenters. The zero-order chi connectivity index (χ0) is 7.11. The number of hydrogen-bond donors (Lipinski definition) is 0. The first-order valence-corrected chi connectivity index (χ1v) is 3.54. The number of hydrogen-bond acceptors (Lipinski definition) is 1. The molecular weight excluding hydrogens is 116 g/mol. The molecule has 0 bridgehead atoms. The van der Waals surface area contributed by atoms with Crippen molar-refractivity contribution in [1.29, 1.82) is 0 Å². The van der Waals surface area contributed by atoms with Crippen molar-refractivity contribution in [3.8, 4) is 0 Å². The van der Waals surface area contributed by atoms with Crippen LogP contribution in [0.3, 0.4) is 0 Å². The topological polar surface area (TPSA) is 29.1 Å². The summed E-state index contributed by atoms with van der Waals surface area (Å²) in [5.41, 5.74) is 0. The van der Waals surface area contributed by atoms with Gasteiger partial charge in [-0.05, 0) is 13.3 Å². The van der Waals surface area contributed by atoms with E-state index in [1.807, 2.05) is 13.8 Å². The molecule has 2 nitrogen and oxygen atoms in total. The van der Waals surface area contributed by atoms with Crippen LogP contribution < -0.4 is 0 Å². The highest BCUT2D eigenvalue weighted by atomic mass is 16.5. The molecule has 2 heteroatoms. The van der Waals surface area contributed by atoms with E-state index in [4.69, 9.17) is 4.74 Å². The van der Waals surface area contributed by atoms with E-state index in [0.717, 1.165) is 6.61 Å². The molecule has 0 aromatic heterocycles. The molecule has 0 heterocycles. The van der Waals surface area contributed by atoms with E-state index in [0.29, 0.717) is 19.4 Å². The van der Waals surface area contributed by atoms with Crippen LogP contribution >= 0.6 is 0 Å². The van der Waals surface area contributed by atoms with Gasteiger partial charge in [-0.25, -0.2) is 5.11 Å². The number of rotatable bonds is 5. The van der Waals surface area contributed by atoms with Gasteiger partial charge in [-0.3, -0.25) is 0 Å². The normalized spacial score (nSPS) is 13.7. The minimum atomic E-state index is -0.420. The fourth-order valence-electron chi connectivity index (χ4n) is 0.563. The molecule has 55 valence electrons. The van der Waals surface area contributed by atoms with E-state index in [1.54, 1.807) is 0 Å². The first-order chi connectivity index (χ1) is 4.31. The number of ether oxygens (including phenoxy) is 1. The summed E-state index contributed by atoms with van der Waals surface area (Å²) in [5, 5.41) is 10.7. The van der Waals surface area contributed by atoms with Gasteiger partial charge >= 0.3 is 0 Å². The van der Waals surface area contributed by atoms with Gasteiger partial charge in [0.2, 0.25) is 0 Å². The highest BCUT2D eigenvalue weighted by molar-refractivity contribution is 4.49. The summed E-state index contributed by atoms with van der Waals surface area (Å²) in [6, 6.07) is 0. The first-order valence-electron chi connectivity index (χ1n) is 3.54. The summed E-state index contributed by atoms with van der Waals surface area (Å²) in [6.07, 6.45) is 0.953. The van der Waals surface area contributed by atoms with Crippen molar-refractivity contribution >= 4 is 0 Å². The Hall–Kier alpha value is -0.0800. The molecule has 1 radical (unpaired) electrons. The Labute approximate surface area is 56.8 Å². The Morgan fingerprint density at radius 1 is 1.44 bits per heavy atom. The van der Waals surface area contributed by atoms with Crippen LogP contribution in [0.4, 0.5) is 0 Å².